The van der Waals surface area contributed by atoms with Crippen LogP contribution in [0.2, 0.25) is 0 Å². The second kappa shape index (κ2) is 37.1. The molecule has 25 atom stereocenters. The number of alkyl halides is 6. The second-order valence-corrected chi connectivity index (χ2v) is 26.9. The van der Waals surface area contributed by atoms with Crippen molar-refractivity contribution in [2.45, 2.75) is 299 Å². The molecular formula is C59H96F6O27S2. The molecule has 5 saturated heterocycles. The van der Waals surface area contributed by atoms with Crippen molar-refractivity contribution in [3.63, 3.8) is 0 Å². The van der Waals surface area contributed by atoms with Crippen LogP contribution in [0.25, 0.3) is 0 Å². The van der Waals surface area contributed by atoms with Crippen molar-refractivity contribution in [1.29, 1.82) is 0 Å². The largest absolute Gasteiger partial charge is 0.523 e. The maximum atomic E-state index is 12.4. The van der Waals surface area contributed by atoms with Crippen LogP contribution >= 0.6 is 0 Å². The van der Waals surface area contributed by atoms with Crippen molar-refractivity contribution in [2.75, 3.05) is 0 Å². The van der Waals surface area contributed by atoms with E-state index in [0.29, 0.717) is 6.42 Å². The van der Waals surface area contributed by atoms with Crippen molar-refractivity contribution >= 4 is 68.0 Å². The fourth-order valence-electron chi connectivity index (χ4n) is 10.6. The Morgan fingerprint density at radius 1 is 0.287 bits per heavy atom. The van der Waals surface area contributed by atoms with Crippen molar-refractivity contribution in [1.82, 2.24) is 0 Å². The van der Waals surface area contributed by atoms with E-state index in [-0.39, 0.29) is 78.3 Å². The highest BCUT2D eigenvalue weighted by Crippen LogP contribution is 2.38. The van der Waals surface area contributed by atoms with Crippen LogP contribution in [0.5, 0.6) is 0 Å². The van der Waals surface area contributed by atoms with E-state index in [9.17, 15) is 81.5 Å². The van der Waals surface area contributed by atoms with E-state index in [1.807, 2.05) is 62.3 Å². The van der Waals surface area contributed by atoms with E-state index >= 15 is 0 Å². The van der Waals surface area contributed by atoms with E-state index < -0.39 is 152 Å². The molecule has 0 aromatic carbocycles. The third-order valence-corrected chi connectivity index (χ3v) is 18.2. The molecule has 27 nitrogen and oxygen atoms in total. The van der Waals surface area contributed by atoms with E-state index in [0.717, 1.165) is 13.8 Å². The van der Waals surface area contributed by atoms with Gasteiger partial charge in [-0.3, -0.25) is 46.7 Å². The Bertz CT molecular complexity index is 2660. The summed E-state index contributed by atoms with van der Waals surface area (Å²) in [4.78, 5) is 88.8. The lowest BCUT2D eigenvalue weighted by Gasteiger charge is -2.43. The Kier molecular flexibility index (Phi) is 34.3. The lowest BCUT2D eigenvalue weighted by molar-refractivity contribution is -0.220. The Balaban J connectivity index is 0.000000589. The van der Waals surface area contributed by atoms with Gasteiger partial charge >= 0.3 is 79.0 Å². The summed E-state index contributed by atoms with van der Waals surface area (Å²) in [6.45, 7) is 36.4. The van der Waals surface area contributed by atoms with E-state index in [1.54, 1.807) is 20.8 Å². The molecule has 5 aliphatic rings. The number of hydrogen-bond acceptors (Lipinski definition) is 27. The van der Waals surface area contributed by atoms with Gasteiger partial charge in [-0.1, -0.05) is 41.5 Å². The van der Waals surface area contributed by atoms with Crippen molar-refractivity contribution in [3.8, 4) is 0 Å². The van der Waals surface area contributed by atoms with Gasteiger partial charge in [0.1, 0.15) is 36.6 Å². The van der Waals surface area contributed by atoms with Gasteiger partial charge in [0.25, 0.3) is 0 Å². The Morgan fingerprint density at radius 3 is 0.713 bits per heavy atom. The molecule has 0 aliphatic carbocycles. The predicted molar refractivity (Wildman–Crippen MR) is 315 cm³/mol. The fraction of sp³-hybridized carbons (Fsp3) is 0.864. The van der Waals surface area contributed by atoms with Crippen LogP contribution in [-0.4, -0.2) is 198 Å². The number of carbonyl (C=O) groups excluding carboxylic acids is 8. The lowest BCUT2D eigenvalue weighted by Crippen LogP contribution is -2.55. The first-order valence-electron chi connectivity index (χ1n) is 30.4. The maximum Gasteiger partial charge on any atom is 0.523 e. The molecule has 5 unspecified atom stereocenters. The molecule has 0 bridgehead atoms. The van der Waals surface area contributed by atoms with Crippen molar-refractivity contribution < 1.29 is 151 Å². The van der Waals surface area contributed by atoms with E-state index in [2.05, 4.69) is 8.37 Å². The zero-order chi connectivity index (χ0) is 73.4. The number of hydrogen-bond donors (Lipinski definition) is 0. The van der Waals surface area contributed by atoms with E-state index in [1.165, 1.54) is 62.3 Å². The second-order valence-electron chi connectivity index (χ2n) is 23.8. The first kappa shape index (κ1) is 87.0. The highest BCUT2D eigenvalue weighted by atomic mass is 32.2. The van der Waals surface area contributed by atoms with Crippen molar-refractivity contribution in [3.05, 3.63) is 0 Å². The Labute approximate surface area is 546 Å². The van der Waals surface area contributed by atoms with Gasteiger partial charge in [0.15, 0.2) is 24.4 Å². The van der Waals surface area contributed by atoms with Crippen molar-refractivity contribution in [2.24, 2.45) is 29.6 Å². The predicted octanol–water partition coefficient (Wildman–Crippen LogP) is 7.46. The topological polar surface area (TPSA) is 343 Å². The molecule has 0 amide bonds. The number of halogens is 6. The third-order valence-electron chi connectivity index (χ3n) is 16.1. The zero-order valence-electron chi connectivity index (χ0n) is 57.2. The van der Waals surface area contributed by atoms with Gasteiger partial charge in [-0.15, -0.1) is 0 Å². The molecule has 0 N–H and O–H groups in total. The van der Waals surface area contributed by atoms with Crippen LogP contribution in [0.1, 0.15) is 166 Å². The molecule has 94 heavy (non-hydrogen) atoms. The summed E-state index contributed by atoms with van der Waals surface area (Å²) in [6, 6.07) is 0. The van der Waals surface area contributed by atoms with Gasteiger partial charge in [-0.25, -0.2) is 0 Å². The van der Waals surface area contributed by atoms with Crippen LogP contribution in [0.3, 0.4) is 0 Å². The molecular weight excluding hydrogens is 1320 g/mol. The molecule has 0 radical (unpaired) electrons. The SMILES string of the molecule is CC(=O)O[C@@H]1[C@@H](OC(C)=O)[C@@H](C)C(C)O[C@H]1C.CC(=O)O[C@@H]1[C@@H](OC(C)=O)[C@H](C)C(C)O[C@H]1C.CC(=O)O[C@@H]1[C@H](OS(=O)(=O)C(F)(F)F)[C@@H](C)C(C)O[C@H]1C.CC(=O)O[C@@H]1[C@H](OS(=O)(=O)C(F)(F)F)[C@H](C)OC(C)[C@@H]1C.CC[C@@H]1OC(C)[C@H](C)[C@H](OC(C)=O)[C@H]1OC(C)=O. The van der Waals surface area contributed by atoms with Crippen LogP contribution in [-0.2, 0) is 129 Å². The summed E-state index contributed by atoms with van der Waals surface area (Å²) >= 11 is 0. The molecule has 548 valence electrons. The fourth-order valence-corrected chi connectivity index (χ4v) is 12.0. The summed E-state index contributed by atoms with van der Waals surface area (Å²) in [6.07, 6.45) is -11.4. The highest BCUT2D eigenvalue weighted by Gasteiger charge is 2.56. The minimum Gasteiger partial charge on any atom is -0.459 e. The van der Waals surface area contributed by atoms with Gasteiger partial charge < -0.3 is 61.6 Å². The molecule has 5 heterocycles. The Morgan fingerprint density at radius 2 is 0.468 bits per heavy atom. The van der Waals surface area contributed by atoms with Crippen LogP contribution < -0.4 is 0 Å². The van der Waals surface area contributed by atoms with Gasteiger partial charge in [0.05, 0.1) is 61.0 Å². The minimum atomic E-state index is -5.81. The number of carbonyl (C=O) groups is 8. The van der Waals surface area contributed by atoms with Crippen LogP contribution in [0, 0.1) is 29.6 Å². The molecule has 5 aliphatic heterocycles. The molecule has 35 heteroatoms. The molecule has 0 aromatic heterocycles. The van der Waals surface area contributed by atoms with Crippen LogP contribution in [0.15, 0.2) is 0 Å². The molecule has 0 spiro atoms. The van der Waals surface area contributed by atoms with Crippen LogP contribution in [0.4, 0.5) is 26.3 Å². The molecule has 5 rings (SSSR count). The molecule has 5 fully saturated rings. The quantitative estimate of drug-likeness (QED) is 0.0567. The number of ether oxygens (including phenoxy) is 13. The van der Waals surface area contributed by atoms with Gasteiger partial charge in [-0.05, 0) is 68.7 Å². The first-order valence-corrected chi connectivity index (χ1v) is 33.2. The average molecular weight is 1420 g/mol. The normalized spacial score (nSPS) is 35.8. The third kappa shape index (κ3) is 26.1. The van der Waals surface area contributed by atoms with Gasteiger partial charge in [0, 0.05) is 85.0 Å². The molecule has 0 aromatic rings. The molecule has 0 saturated carbocycles. The Hall–Kier alpha value is -5.04. The van der Waals surface area contributed by atoms with Gasteiger partial charge in [0.2, 0.25) is 0 Å². The maximum absolute atomic E-state index is 12.4. The summed E-state index contributed by atoms with van der Waals surface area (Å²) in [5, 5.41) is 0. The summed E-state index contributed by atoms with van der Waals surface area (Å²) in [5.74, 6) is -5.11. The monoisotopic (exact) mass is 1410 g/mol. The minimum absolute atomic E-state index is 0.0129. The highest BCUT2D eigenvalue weighted by molar-refractivity contribution is 7.87. The number of rotatable bonds is 13. The van der Waals surface area contributed by atoms with Gasteiger partial charge in [-0.2, -0.15) is 43.2 Å². The van der Waals surface area contributed by atoms with E-state index in [4.69, 9.17) is 61.6 Å². The lowest BCUT2D eigenvalue weighted by atomic mass is 9.87. The summed E-state index contributed by atoms with van der Waals surface area (Å²) < 4.78 is 197. The standard InChI is InChI=1S/C13H22O5.2C12H20O5.2C11H17F3O6S/c1-6-11-13(18-10(5)15)12(17-9(4)14)7(2)8(3)16-11;2*1-6-7(2)15-8(3)12(17-10(5)14)11(6)16-9(4)13;1-5-6(2)18-7(3)10(19-8(4)15)9(5)20-21(16,17)11(12,13)14;1-5-6(2)18-7(3)10(9(5)19-8(4)15)20-21(16,17)11(12,13)14/h7-8,11-13H,6H2,1-5H3;2*6-8,11-12H,1-5H3;2*5-7,9-10H,1-4H3/t7-,8?,11-,12-,13-;6-,7?,8+,11+,12+;6-,7?,8-,11-,12-;5-,6?,7-,9+,10-;5-,6?,7-,9-,10+/m01000/s1. The smallest absolute Gasteiger partial charge is 0.459 e. The number of esters is 8. The zero-order valence-corrected chi connectivity index (χ0v) is 58.9. The summed E-state index contributed by atoms with van der Waals surface area (Å²) in [5.41, 5.74) is -11.1. The summed E-state index contributed by atoms with van der Waals surface area (Å²) in [7, 11) is -11.6. The first-order chi connectivity index (χ1) is 42.7. The average Bonchev–Trinajstić information content (AvgIpc) is 0.808.